The number of hydrogen-bond acceptors (Lipinski definition) is 6. The van der Waals surface area contributed by atoms with E-state index in [1.54, 1.807) is 4.98 Å². The average Bonchev–Trinajstić information content (AvgIpc) is 2.99. The highest BCUT2D eigenvalue weighted by Gasteiger charge is 2.40. The molecule has 0 radical (unpaired) electrons. The van der Waals surface area contributed by atoms with E-state index >= 15 is 0 Å². The van der Waals surface area contributed by atoms with Crippen LogP contribution >= 0.6 is 12.2 Å². The van der Waals surface area contributed by atoms with Crippen LogP contribution in [0.3, 0.4) is 0 Å². The molecule has 3 atom stereocenters. The van der Waals surface area contributed by atoms with Crippen LogP contribution < -0.4 is 16.6 Å². The topological polar surface area (TPSA) is 94.6 Å². The molecule has 1 aromatic rings. The van der Waals surface area contributed by atoms with Crippen LogP contribution in [-0.2, 0) is 20.4 Å². The second-order valence-electron chi connectivity index (χ2n) is 6.52. The SMILES string of the molecule is C#CCO[C@H]1C[C@H](n2cc(C(F)(F)F)c(=O)[nH]c2=O)O[C@@H]1COC(=S)NC(C)C. The van der Waals surface area contributed by atoms with Gasteiger partial charge in [0.05, 0.1) is 6.10 Å². The third kappa shape index (κ3) is 6.06. The van der Waals surface area contributed by atoms with Crippen molar-refractivity contribution in [1.29, 1.82) is 0 Å². The molecule has 2 heterocycles. The van der Waals surface area contributed by atoms with E-state index in [-0.39, 0.29) is 30.9 Å². The quantitative estimate of drug-likeness (QED) is 0.512. The molecule has 1 aliphatic heterocycles. The summed E-state index contributed by atoms with van der Waals surface area (Å²) in [6.45, 7) is 3.57. The highest BCUT2D eigenvalue weighted by molar-refractivity contribution is 7.80. The Bertz CT molecular complexity index is 890. The number of halogens is 3. The first-order valence-corrected chi connectivity index (χ1v) is 9.00. The van der Waals surface area contributed by atoms with Crippen molar-refractivity contribution in [1.82, 2.24) is 14.9 Å². The van der Waals surface area contributed by atoms with Crippen molar-refractivity contribution < 1.29 is 27.4 Å². The lowest BCUT2D eigenvalue weighted by Crippen LogP contribution is -2.37. The molecular weight excluding hydrogens is 415 g/mol. The number of rotatable bonds is 6. The van der Waals surface area contributed by atoms with Gasteiger partial charge in [-0.25, -0.2) is 4.79 Å². The second-order valence-corrected chi connectivity index (χ2v) is 6.89. The Kier molecular flexibility index (Phi) is 7.45. The summed E-state index contributed by atoms with van der Waals surface area (Å²) in [5.41, 5.74) is -4.08. The van der Waals surface area contributed by atoms with E-state index in [0.717, 1.165) is 0 Å². The third-order valence-electron chi connectivity index (χ3n) is 3.93. The number of aromatic amines is 1. The van der Waals surface area contributed by atoms with Gasteiger partial charge in [-0.1, -0.05) is 5.92 Å². The molecule has 1 fully saturated rings. The normalized spacial score (nSPS) is 21.8. The van der Waals surface area contributed by atoms with Gasteiger partial charge in [-0.2, -0.15) is 13.2 Å². The van der Waals surface area contributed by atoms with E-state index < -0.39 is 41.4 Å². The van der Waals surface area contributed by atoms with Crippen molar-refractivity contribution >= 4 is 17.4 Å². The second kappa shape index (κ2) is 9.43. The Labute approximate surface area is 169 Å². The fourth-order valence-electron chi connectivity index (χ4n) is 2.69. The van der Waals surface area contributed by atoms with Crippen LogP contribution in [0.25, 0.3) is 0 Å². The minimum atomic E-state index is -4.93. The number of hydrogen-bond donors (Lipinski definition) is 2. The first-order valence-electron chi connectivity index (χ1n) is 8.59. The zero-order valence-electron chi connectivity index (χ0n) is 15.6. The molecule has 1 saturated heterocycles. The van der Waals surface area contributed by atoms with E-state index in [2.05, 4.69) is 11.2 Å². The molecule has 160 valence electrons. The van der Waals surface area contributed by atoms with Gasteiger partial charge in [-0.15, -0.1) is 6.42 Å². The smallest absolute Gasteiger partial charge is 0.423 e. The van der Waals surface area contributed by atoms with Crippen LogP contribution in [0.4, 0.5) is 13.2 Å². The molecule has 2 N–H and O–H groups in total. The molecule has 0 unspecified atom stereocenters. The van der Waals surface area contributed by atoms with Crippen molar-refractivity contribution in [3.8, 4) is 12.3 Å². The Morgan fingerprint density at radius 2 is 2.21 bits per heavy atom. The van der Waals surface area contributed by atoms with Gasteiger partial charge in [0.25, 0.3) is 10.7 Å². The highest BCUT2D eigenvalue weighted by Crippen LogP contribution is 2.32. The Balaban J connectivity index is 2.22. The maximum absolute atomic E-state index is 13.0. The molecule has 12 heteroatoms. The molecule has 1 aliphatic rings. The maximum atomic E-state index is 13.0. The van der Waals surface area contributed by atoms with Crippen molar-refractivity contribution in [2.75, 3.05) is 13.2 Å². The van der Waals surface area contributed by atoms with Gasteiger partial charge >= 0.3 is 11.9 Å². The number of nitrogens with zero attached hydrogens (tertiary/aromatic N) is 1. The summed E-state index contributed by atoms with van der Waals surface area (Å²) in [5, 5.41) is 2.98. The molecule has 1 aromatic heterocycles. The van der Waals surface area contributed by atoms with E-state index in [4.69, 9.17) is 32.9 Å². The summed E-state index contributed by atoms with van der Waals surface area (Å²) < 4.78 is 56.3. The van der Waals surface area contributed by atoms with Gasteiger partial charge in [0.15, 0.2) is 0 Å². The molecule has 0 bridgehead atoms. The van der Waals surface area contributed by atoms with Gasteiger partial charge in [-0.05, 0) is 26.1 Å². The number of terminal acetylenes is 1. The molecular formula is C17H20F3N3O5S. The average molecular weight is 435 g/mol. The molecule has 0 aromatic carbocycles. The molecule has 29 heavy (non-hydrogen) atoms. The van der Waals surface area contributed by atoms with Crippen molar-refractivity contribution in [2.45, 2.75) is 50.9 Å². The van der Waals surface area contributed by atoms with Crippen LogP contribution in [-0.4, -0.2) is 46.2 Å². The Morgan fingerprint density at radius 3 is 2.79 bits per heavy atom. The summed E-state index contributed by atoms with van der Waals surface area (Å²) in [7, 11) is 0. The number of nitrogens with one attached hydrogen (secondary N) is 2. The zero-order valence-corrected chi connectivity index (χ0v) is 16.4. The fourth-order valence-corrected chi connectivity index (χ4v) is 2.99. The van der Waals surface area contributed by atoms with Gasteiger partial charge in [-0.3, -0.25) is 14.3 Å². The predicted octanol–water partition coefficient (Wildman–Crippen LogP) is 1.16. The lowest BCUT2D eigenvalue weighted by molar-refractivity contribution is -0.139. The zero-order chi connectivity index (χ0) is 21.8. The predicted molar refractivity (Wildman–Crippen MR) is 100 cm³/mol. The minimum absolute atomic E-state index is 0.0172. The Morgan fingerprint density at radius 1 is 1.52 bits per heavy atom. The fraction of sp³-hybridized carbons (Fsp3) is 0.588. The molecule has 0 amide bonds. The standard InChI is InChI=1S/C17H20F3N3O5S/c1-4-5-26-11-6-13(28-12(11)8-27-16(29)21-9(2)3)23-7-10(17(18,19)20)14(24)22-15(23)25/h1,7,9,11-13H,5-6,8H2,2-3H3,(H,21,29)(H,22,24,25)/t11-,12+,13+/m0/s1. The third-order valence-corrected chi connectivity index (χ3v) is 4.17. The van der Waals surface area contributed by atoms with E-state index in [1.807, 2.05) is 13.8 Å². The van der Waals surface area contributed by atoms with Crippen LogP contribution in [0, 0.1) is 12.3 Å². The number of H-pyrrole nitrogens is 1. The first kappa shape index (κ1) is 22.9. The maximum Gasteiger partial charge on any atom is 0.423 e. The van der Waals surface area contributed by atoms with Crippen molar-refractivity contribution in [3.05, 3.63) is 32.6 Å². The van der Waals surface area contributed by atoms with E-state index in [1.165, 1.54) is 0 Å². The molecule has 8 nitrogen and oxygen atoms in total. The van der Waals surface area contributed by atoms with Gasteiger partial charge in [0.2, 0.25) is 0 Å². The van der Waals surface area contributed by atoms with Crippen LogP contribution in [0.1, 0.15) is 32.1 Å². The molecule has 0 saturated carbocycles. The summed E-state index contributed by atoms with van der Waals surface area (Å²) in [4.78, 5) is 25.2. The van der Waals surface area contributed by atoms with Crippen molar-refractivity contribution in [2.24, 2.45) is 0 Å². The van der Waals surface area contributed by atoms with Crippen LogP contribution in [0.5, 0.6) is 0 Å². The first-order chi connectivity index (χ1) is 13.5. The number of aromatic nitrogens is 2. The summed E-state index contributed by atoms with van der Waals surface area (Å²) in [6.07, 6.45) is -1.84. The van der Waals surface area contributed by atoms with Crippen molar-refractivity contribution in [3.63, 3.8) is 0 Å². The molecule has 2 rings (SSSR count). The Hall–Kier alpha value is -2.36. The number of alkyl halides is 3. The van der Waals surface area contributed by atoms with Gasteiger partial charge in [0.1, 0.15) is 31.1 Å². The summed E-state index contributed by atoms with van der Waals surface area (Å²) >= 11 is 5.03. The summed E-state index contributed by atoms with van der Waals surface area (Å²) in [5.74, 6) is 2.29. The molecule has 0 aliphatic carbocycles. The highest BCUT2D eigenvalue weighted by atomic mass is 32.1. The lowest BCUT2D eigenvalue weighted by atomic mass is 10.2. The number of ether oxygens (including phenoxy) is 3. The molecule has 0 spiro atoms. The van der Waals surface area contributed by atoms with E-state index in [9.17, 15) is 22.8 Å². The van der Waals surface area contributed by atoms with Gasteiger partial charge < -0.3 is 19.5 Å². The van der Waals surface area contributed by atoms with Crippen LogP contribution in [0.15, 0.2) is 15.8 Å². The van der Waals surface area contributed by atoms with Gasteiger partial charge in [0, 0.05) is 18.7 Å². The lowest BCUT2D eigenvalue weighted by Gasteiger charge is -2.20. The largest absolute Gasteiger partial charge is 0.468 e. The van der Waals surface area contributed by atoms with E-state index in [0.29, 0.717) is 10.8 Å². The summed E-state index contributed by atoms with van der Waals surface area (Å²) in [6, 6.07) is 0.0359. The number of thiocarbonyl (C=S) groups is 1. The minimum Gasteiger partial charge on any atom is -0.468 e. The monoisotopic (exact) mass is 435 g/mol. The van der Waals surface area contributed by atoms with Crippen LogP contribution in [0.2, 0.25) is 0 Å².